The maximum absolute atomic E-state index is 11.2. The molecule has 3 heteroatoms. The second-order valence-electron chi connectivity index (χ2n) is 4.53. The van der Waals surface area contributed by atoms with Crippen LogP contribution >= 0.6 is 23.2 Å². The fourth-order valence-corrected chi connectivity index (χ4v) is 2.73. The van der Waals surface area contributed by atoms with Gasteiger partial charge in [-0.25, -0.2) is 0 Å². The molecule has 0 saturated carbocycles. The summed E-state index contributed by atoms with van der Waals surface area (Å²) < 4.78 is 0. The van der Waals surface area contributed by atoms with Crippen molar-refractivity contribution in [2.24, 2.45) is 0 Å². The van der Waals surface area contributed by atoms with Crippen molar-refractivity contribution in [2.45, 2.75) is 0 Å². The van der Waals surface area contributed by atoms with Crippen LogP contribution < -0.4 is 0 Å². The van der Waals surface area contributed by atoms with Crippen molar-refractivity contribution in [1.29, 1.82) is 0 Å². The molecule has 3 aromatic rings. The zero-order valence-electron chi connectivity index (χ0n) is 10.4. The second kappa shape index (κ2) is 5.28. The molecule has 0 spiro atoms. The number of aldehydes is 1. The van der Waals surface area contributed by atoms with Gasteiger partial charge in [0.2, 0.25) is 0 Å². The number of hydrogen-bond donors (Lipinski definition) is 0. The van der Waals surface area contributed by atoms with E-state index in [1.807, 2.05) is 36.4 Å². The third kappa shape index (κ3) is 2.31. The van der Waals surface area contributed by atoms with Crippen molar-refractivity contribution in [3.8, 4) is 11.1 Å². The molecule has 0 fully saturated rings. The molecule has 0 aliphatic rings. The largest absolute Gasteiger partial charge is 0.298 e. The van der Waals surface area contributed by atoms with E-state index < -0.39 is 0 Å². The van der Waals surface area contributed by atoms with Crippen LogP contribution in [0.5, 0.6) is 0 Å². The van der Waals surface area contributed by atoms with Crippen molar-refractivity contribution >= 4 is 40.3 Å². The van der Waals surface area contributed by atoms with Crippen LogP contribution in [0.4, 0.5) is 0 Å². The molecule has 0 aliphatic heterocycles. The van der Waals surface area contributed by atoms with E-state index in [2.05, 4.69) is 0 Å². The molecule has 98 valence electrons. The second-order valence-corrected chi connectivity index (χ2v) is 5.37. The summed E-state index contributed by atoms with van der Waals surface area (Å²) in [4.78, 5) is 11.2. The number of carbonyl (C=O) groups is 1. The number of halogens is 2. The fraction of sp³-hybridized carbons (Fsp3) is 0. The van der Waals surface area contributed by atoms with Crippen LogP contribution in [0.3, 0.4) is 0 Å². The van der Waals surface area contributed by atoms with E-state index in [4.69, 9.17) is 23.2 Å². The van der Waals surface area contributed by atoms with E-state index in [1.54, 1.807) is 18.2 Å². The summed E-state index contributed by atoms with van der Waals surface area (Å²) in [5.41, 5.74) is 2.14. The molecule has 0 aromatic heterocycles. The summed E-state index contributed by atoms with van der Waals surface area (Å²) >= 11 is 12.4. The topological polar surface area (TPSA) is 17.1 Å². The van der Waals surface area contributed by atoms with Crippen molar-refractivity contribution in [3.05, 3.63) is 70.2 Å². The maximum atomic E-state index is 11.2. The predicted octanol–water partition coefficient (Wildman–Crippen LogP) is 5.63. The van der Waals surface area contributed by atoms with Gasteiger partial charge in [-0.2, -0.15) is 0 Å². The highest BCUT2D eigenvalue weighted by molar-refractivity contribution is 6.35. The lowest BCUT2D eigenvalue weighted by Gasteiger charge is -2.10. The van der Waals surface area contributed by atoms with E-state index in [9.17, 15) is 4.79 Å². The van der Waals surface area contributed by atoms with Gasteiger partial charge >= 0.3 is 0 Å². The lowest BCUT2D eigenvalue weighted by atomic mass is 9.97. The Kier molecular flexibility index (Phi) is 3.47. The SMILES string of the molecule is O=Cc1ccc(Cl)cc1-c1cc2ccccc2cc1Cl. The molecule has 0 amide bonds. The highest BCUT2D eigenvalue weighted by Gasteiger charge is 2.10. The summed E-state index contributed by atoms with van der Waals surface area (Å²) in [7, 11) is 0. The van der Waals surface area contributed by atoms with Crippen LogP contribution in [0.25, 0.3) is 21.9 Å². The summed E-state index contributed by atoms with van der Waals surface area (Å²) in [6, 6.07) is 17.0. The Morgan fingerprint density at radius 2 is 1.50 bits per heavy atom. The number of rotatable bonds is 2. The molecule has 0 aliphatic carbocycles. The zero-order valence-corrected chi connectivity index (χ0v) is 11.9. The normalized spacial score (nSPS) is 10.7. The predicted molar refractivity (Wildman–Crippen MR) is 84.8 cm³/mol. The molecule has 3 rings (SSSR count). The van der Waals surface area contributed by atoms with Gasteiger partial charge in [-0.3, -0.25) is 4.79 Å². The van der Waals surface area contributed by atoms with E-state index >= 15 is 0 Å². The monoisotopic (exact) mass is 300 g/mol. The summed E-state index contributed by atoms with van der Waals surface area (Å²) in [5, 5.41) is 3.32. The molecule has 0 radical (unpaired) electrons. The van der Waals surface area contributed by atoms with Gasteiger partial charge in [-0.05, 0) is 46.7 Å². The lowest BCUT2D eigenvalue weighted by molar-refractivity contribution is 0.112. The highest BCUT2D eigenvalue weighted by Crippen LogP contribution is 2.35. The van der Waals surface area contributed by atoms with Gasteiger partial charge < -0.3 is 0 Å². The first kappa shape index (κ1) is 13.2. The fourth-order valence-electron chi connectivity index (χ4n) is 2.28. The van der Waals surface area contributed by atoms with Crippen LogP contribution in [-0.2, 0) is 0 Å². The average molecular weight is 301 g/mol. The van der Waals surface area contributed by atoms with E-state index in [-0.39, 0.29) is 0 Å². The number of fused-ring (bicyclic) bond motifs is 1. The quantitative estimate of drug-likeness (QED) is 0.561. The highest BCUT2D eigenvalue weighted by atomic mass is 35.5. The standard InChI is InChI=1S/C17H10Cl2O/c18-14-6-5-13(10-20)15(9-14)16-7-11-3-1-2-4-12(11)8-17(16)19/h1-10H. The third-order valence-corrected chi connectivity index (χ3v) is 3.82. The summed E-state index contributed by atoms with van der Waals surface area (Å²) in [6.45, 7) is 0. The number of benzene rings is 3. The Labute approximate surface area is 126 Å². The van der Waals surface area contributed by atoms with E-state index in [0.29, 0.717) is 15.6 Å². The average Bonchev–Trinajstić information content (AvgIpc) is 2.46. The van der Waals surface area contributed by atoms with Crippen LogP contribution in [0, 0.1) is 0 Å². The molecule has 0 bridgehead atoms. The molecule has 0 heterocycles. The van der Waals surface area contributed by atoms with Gasteiger partial charge in [0, 0.05) is 21.2 Å². The summed E-state index contributed by atoms with van der Waals surface area (Å²) in [5.74, 6) is 0. The van der Waals surface area contributed by atoms with E-state index in [1.165, 1.54) is 0 Å². The van der Waals surface area contributed by atoms with Crippen molar-refractivity contribution in [2.75, 3.05) is 0 Å². The third-order valence-electron chi connectivity index (χ3n) is 3.27. The first-order valence-electron chi connectivity index (χ1n) is 6.12. The molecular formula is C17H10Cl2O. The van der Waals surface area contributed by atoms with Gasteiger partial charge in [-0.1, -0.05) is 47.5 Å². The van der Waals surface area contributed by atoms with Crippen LogP contribution in [-0.4, -0.2) is 6.29 Å². The first-order valence-corrected chi connectivity index (χ1v) is 6.88. The Morgan fingerprint density at radius 3 is 2.20 bits per heavy atom. The molecule has 0 atom stereocenters. The molecule has 20 heavy (non-hydrogen) atoms. The summed E-state index contributed by atoms with van der Waals surface area (Å²) in [6.07, 6.45) is 0.817. The molecule has 0 N–H and O–H groups in total. The minimum atomic E-state index is 0.576. The van der Waals surface area contributed by atoms with Crippen molar-refractivity contribution in [1.82, 2.24) is 0 Å². The Morgan fingerprint density at radius 1 is 0.800 bits per heavy atom. The van der Waals surface area contributed by atoms with Crippen LogP contribution in [0.1, 0.15) is 10.4 Å². The minimum absolute atomic E-state index is 0.576. The molecule has 1 nitrogen and oxygen atoms in total. The van der Waals surface area contributed by atoms with Gasteiger partial charge in [-0.15, -0.1) is 0 Å². The van der Waals surface area contributed by atoms with Gasteiger partial charge in [0.15, 0.2) is 6.29 Å². The van der Waals surface area contributed by atoms with Gasteiger partial charge in [0.05, 0.1) is 0 Å². The zero-order chi connectivity index (χ0) is 14.1. The molecular weight excluding hydrogens is 291 g/mol. The molecule has 0 saturated heterocycles. The minimum Gasteiger partial charge on any atom is -0.298 e. The van der Waals surface area contributed by atoms with Crippen LogP contribution in [0.15, 0.2) is 54.6 Å². The Bertz CT molecular complexity index is 809. The van der Waals surface area contributed by atoms with Crippen molar-refractivity contribution < 1.29 is 4.79 Å². The van der Waals surface area contributed by atoms with Gasteiger partial charge in [0.1, 0.15) is 0 Å². The number of carbonyl (C=O) groups excluding carboxylic acids is 1. The number of hydrogen-bond acceptors (Lipinski definition) is 1. The lowest BCUT2D eigenvalue weighted by Crippen LogP contribution is -1.89. The van der Waals surface area contributed by atoms with Gasteiger partial charge in [0.25, 0.3) is 0 Å². The Balaban J connectivity index is 2.31. The smallest absolute Gasteiger partial charge is 0.150 e. The maximum Gasteiger partial charge on any atom is 0.150 e. The Hall–Kier alpha value is -1.83. The first-order chi connectivity index (χ1) is 9.69. The molecule has 3 aromatic carbocycles. The van der Waals surface area contributed by atoms with Crippen molar-refractivity contribution in [3.63, 3.8) is 0 Å². The van der Waals surface area contributed by atoms with E-state index in [0.717, 1.165) is 28.2 Å². The molecule has 0 unspecified atom stereocenters. The van der Waals surface area contributed by atoms with Crippen LogP contribution in [0.2, 0.25) is 10.0 Å².